The fourth-order valence-electron chi connectivity index (χ4n) is 3.02. The molecule has 4 aromatic rings. The van der Waals surface area contributed by atoms with Crippen molar-refractivity contribution in [3.8, 4) is 11.3 Å². The van der Waals surface area contributed by atoms with E-state index in [9.17, 15) is 4.79 Å². The number of hydrogen-bond acceptors (Lipinski definition) is 2. The highest BCUT2D eigenvalue weighted by Crippen LogP contribution is 2.29. The van der Waals surface area contributed by atoms with Gasteiger partial charge in [-0.15, -0.1) is 0 Å². The zero-order valence-electron chi connectivity index (χ0n) is 12.8. The number of pyridine rings is 1. The Labute approximate surface area is 134 Å². The molecule has 0 aliphatic heterocycles. The molecule has 112 valence electrons. The quantitative estimate of drug-likeness (QED) is 0.543. The summed E-state index contributed by atoms with van der Waals surface area (Å²) in [5, 5.41) is 2.07. The number of nitrogens with zero attached hydrogens (tertiary/aromatic N) is 1. The van der Waals surface area contributed by atoms with Gasteiger partial charge in [-0.1, -0.05) is 37.3 Å². The van der Waals surface area contributed by atoms with E-state index in [0.717, 1.165) is 38.6 Å². The van der Waals surface area contributed by atoms with Crippen LogP contribution in [0.15, 0.2) is 60.8 Å². The van der Waals surface area contributed by atoms with Crippen LogP contribution in [0.2, 0.25) is 0 Å². The predicted octanol–water partition coefficient (Wildman–Crippen LogP) is 4.98. The van der Waals surface area contributed by atoms with Gasteiger partial charge >= 0.3 is 0 Å². The molecule has 3 nitrogen and oxygen atoms in total. The highest BCUT2D eigenvalue weighted by atomic mass is 16.1. The van der Waals surface area contributed by atoms with Crippen molar-refractivity contribution in [2.45, 2.75) is 13.3 Å². The monoisotopic (exact) mass is 300 g/mol. The Morgan fingerprint density at radius 1 is 1.00 bits per heavy atom. The van der Waals surface area contributed by atoms with E-state index < -0.39 is 0 Å². The minimum Gasteiger partial charge on any atom is -0.360 e. The first-order valence-corrected chi connectivity index (χ1v) is 7.77. The largest absolute Gasteiger partial charge is 0.360 e. The fraction of sp³-hybridized carbons (Fsp3) is 0.100. The van der Waals surface area contributed by atoms with Gasteiger partial charge in [0.05, 0.1) is 11.2 Å². The summed E-state index contributed by atoms with van der Waals surface area (Å²) in [5.74, 6) is 0.150. The number of aromatic amines is 1. The Kier molecular flexibility index (Phi) is 3.19. The molecule has 3 heteroatoms. The summed E-state index contributed by atoms with van der Waals surface area (Å²) in [6.45, 7) is 1.88. The Bertz CT molecular complexity index is 1030. The number of para-hydroxylation sites is 1. The first kappa shape index (κ1) is 13.7. The molecule has 0 atom stereocenters. The molecular formula is C20H16N2O. The average molecular weight is 300 g/mol. The third-order valence-corrected chi connectivity index (χ3v) is 4.22. The Balaban J connectivity index is 1.91. The van der Waals surface area contributed by atoms with Crippen LogP contribution in [0.25, 0.3) is 33.1 Å². The Morgan fingerprint density at radius 2 is 1.87 bits per heavy atom. The normalized spacial score (nSPS) is 11.2. The van der Waals surface area contributed by atoms with Crippen molar-refractivity contribution in [1.82, 2.24) is 9.97 Å². The maximum atomic E-state index is 12.1. The van der Waals surface area contributed by atoms with Crippen LogP contribution in [0.5, 0.6) is 0 Å². The van der Waals surface area contributed by atoms with Crippen LogP contribution in [-0.4, -0.2) is 15.8 Å². The van der Waals surface area contributed by atoms with Crippen molar-refractivity contribution < 1.29 is 4.79 Å². The SMILES string of the molecule is CCC(=O)c1cccc2nc(-c3c[nH]c4ccccc34)ccc12. The van der Waals surface area contributed by atoms with Gasteiger partial charge in [0.15, 0.2) is 5.78 Å². The summed E-state index contributed by atoms with van der Waals surface area (Å²) in [5.41, 5.74) is 4.69. The maximum absolute atomic E-state index is 12.1. The molecule has 23 heavy (non-hydrogen) atoms. The molecule has 0 amide bonds. The van der Waals surface area contributed by atoms with Crippen molar-refractivity contribution >= 4 is 27.6 Å². The molecule has 0 fully saturated rings. The van der Waals surface area contributed by atoms with Crippen molar-refractivity contribution in [1.29, 1.82) is 0 Å². The molecule has 2 aromatic carbocycles. The number of Topliss-reactive ketones (excluding diaryl/α,β-unsaturated/α-hetero) is 1. The first-order chi connectivity index (χ1) is 11.3. The van der Waals surface area contributed by atoms with Gasteiger partial charge in [0.2, 0.25) is 0 Å². The van der Waals surface area contributed by atoms with E-state index in [1.807, 2.05) is 55.6 Å². The summed E-state index contributed by atoms with van der Waals surface area (Å²) in [7, 11) is 0. The minimum absolute atomic E-state index is 0.150. The van der Waals surface area contributed by atoms with Gasteiger partial charge in [0, 0.05) is 40.0 Å². The summed E-state index contributed by atoms with van der Waals surface area (Å²) in [4.78, 5) is 20.1. The molecule has 1 N–H and O–H groups in total. The van der Waals surface area contributed by atoms with E-state index in [0.29, 0.717) is 6.42 Å². The molecule has 0 saturated heterocycles. The Hall–Kier alpha value is -2.94. The lowest BCUT2D eigenvalue weighted by Gasteiger charge is -2.06. The number of H-pyrrole nitrogens is 1. The molecule has 0 aliphatic carbocycles. The molecule has 0 unspecified atom stereocenters. The number of aromatic nitrogens is 2. The third-order valence-electron chi connectivity index (χ3n) is 4.22. The molecule has 0 spiro atoms. The van der Waals surface area contributed by atoms with Crippen LogP contribution in [0, 0.1) is 0 Å². The number of nitrogens with one attached hydrogen (secondary N) is 1. The second kappa shape index (κ2) is 5.36. The van der Waals surface area contributed by atoms with Gasteiger partial charge in [-0.2, -0.15) is 0 Å². The zero-order chi connectivity index (χ0) is 15.8. The van der Waals surface area contributed by atoms with E-state index in [4.69, 9.17) is 4.98 Å². The van der Waals surface area contributed by atoms with Gasteiger partial charge in [-0.05, 0) is 24.3 Å². The van der Waals surface area contributed by atoms with E-state index >= 15 is 0 Å². The lowest BCUT2D eigenvalue weighted by molar-refractivity contribution is 0.0989. The summed E-state index contributed by atoms with van der Waals surface area (Å²) in [6, 6.07) is 17.9. The highest BCUT2D eigenvalue weighted by Gasteiger charge is 2.11. The smallest absolute Gasteiger partial charge is 0.163 e. The van der Waals surface area contributed by atoms with E-state index in [2.05, 4.69) is 17.1 Å². The third kappa shape index (κ3) is 2.21. The molecule has 0 saturated carbocycles. The van der Waals surface area contributed by atoms with Crippen molar-refractivity contribution in [2.75, 3.05) is 0 Å². The second-order valence-corrected chi connectivity index (χ2v) is 5.59. The van der Waals surface area contributed by atoms with Crippen LogP contribution in [-0.2, 0) is 0 Å². The lowest BCUT2D eigenvalue weighted by Crippen LogP contribution is -1.98. The van der Waals surface area contributed by atoms with Gasteiger partial charge < -0.3 is 4.98 Å². The number of fused-ring (bicyclic) bond motifs is 2. The van der Waals surface area contributed by atoms with Crippen LogP contribution < -0.4 is 0 Å². The second-order valence-electron chi connectivity index (χ2n) is 5.59. The van der Waals surface area contributed by atoms with Crippen molar-refractivity contribution in [3.63, 3.8) is 0 Å². The van der Waals surface area contributed by atoms with E-state index in [1.54, 1.807) is 0 Å². The van der Waals surface area contributed by atoms with Crippen LogP contribution in [0.1, 0.15) is 23.7 Å². The molecule has 2 aromatic heterocycles. The number of hydrogen-bond donors (Lipinski definition) is 1. The number of rotatable bonds is 3. The van der Waals surface area contributed by atoms with E-state index in [-0.39, 0.29) is 5.78 Å². The van der Waals surface area contributed by atoms with E-state index in [1.165, 1.54) is 0 Å². The zero-order valence-corrected chi connectivity index (χ0v) is 12.8. The van der Waals surface area contributed by atoms with Crippen LogP contribution in [0.4, 0.5) is 0 Å². The van der Waals surface area contributed by atoms with Gasteiger partial charge in [-0.25, -0.2) is 4.98 Å². The maximum Gasteiger partial charge on any atom is 0.163 e. The molecule has 0 bridgehead atoms. The lowest BCUT2D eigenvalue weighted by atomic mass is 10.0. The number of benzene rings is 2. The fourth-order valence-corrected chi connectivity index (χ4v) is 3.02. The van der Waals surface area contributed by atoms with Crippen LogP contribution in [0.3, 0.4) is 0 Å². The van der Waals surface area contributed by atoms with Crippen LogP contribution >= 0.6 is 0 Å². The van der Waals surface area contributed by atoms with Gasteiger partial charge in [0.1, 0.15) is 0 Å². The van der Waals surface area contributed by atoms with Crippen molar-refractivity contribution in [2.24, 2.45) is 0 Å². The summed E-state index contributed by atoms with van der Waals surface area (Å²) in [6.07, 6.45) is 2.49. The highest BCUT2D eigenvalue weighted by molar-refractivity contribution is 6.07. The Morgan fingerprint density at radius 3 is 2.74 bits per heavy atom. The number of carbonyl (C=O) groups excluding carboxylic acids is 1. The number of ketones is 1. The topological polar surface area (TPSA) is 45.8 Å². The molecule has 2 heterocycles. The molecule has 0 aliphatic rings. The predicted molar refractivity (Wildman–Crippen MR) is 93.7 cm³/mol. The first-order valence-electron chi connectivity index (χ1n) is 7.77. The molecule has 4 rings (SSSR count). The number of carbonyl (C=O) groups is 1. The standard InChI is InChI=1S/C20H16N2O/c1-2-20(23)15-7-5-9-18-14(15)10-11-19(22-18)16-12-21-17-8-4-3-6-13(16)17/h3-12,21H,2H2,1H3. The van der Waals surface area contributed by atoms with Gasteiger partial charge in [-0.3, -0.25) is 4.79 Å². The minimum atomic E-state index is 0.150. The van der Waals surface area contributed by atoms with Gasteiger partial charge in [0.25, 0.3) is 0 Å². The molecule has 0 radical (unpaired) electrons. The van der Waals surface area contributed by atoms with Crippen molar-refractivity contribution in [3.05, 3.63) is 66.4 Å². The average Bonchev–Trinajstić information content (AvgIpc) is 3.04. The molecular weight excluding hydrogens is 284 g/mol. The summed E-state index contributed by atoms with van der Waals surface area (Å²) >= 11 is 0. The summed E-state index contributed by atoms with van der Waals surface area (Å²) < 4.78 is 0.